The van der Waals surface area contributed by atoms with Gasteiger partial charge in [-0.1, -0.05) is 281 Å². The van der Waals surface area contributed by atoms with Crippen molar-refractivity contribution in [2.75, 3.05) is 52.9 Å². The Balaban J connectivity index is 0.000000260. The summed E-state index contributed by atoms with van der Waals surface area (Å²) in [7, 11) is -6.18. The van der Waals surface area contributed by atoms with Gasteiger partial charge in [0.25, 0.3) is 15.5 Å². The van der Waals surface area contributed by atoms with Crippen LogP contribution in [0, 0.1) is 43.3 Å². The van der Waals surface area contributed by atoms with E-state index < -0.39 is 55.8 Å². The lowest BCUT2D eigenvalue weighted by Gasteiger charge is -2.41. The van der Waals surface area contributed by atoms with Crippen molar-refractivity contribution in [3.8, 4) is 34.5 Å². The third kappa shape index (κ3) is 25.0. The second-order valence-electron chi connectivity index (χ2n) is 47.1. The number of benzene rings is 6. The molecule has 7 aliphatic rings. The summed E-state index contributed by atoms with van der Waals surface area (Å²) in [6.45, 7) is 70.7. The summed E-state index contributed by atoms with van der Waals surface area (Å²) in [5.41, 5.74) is 10.4. The smallest absolute Gasteiger partial charge is 0.397 e. The standard InChI is InChI=1S/C65H90O10P2.C30H42O3.C5H8Cl2O4P2/c1-57(2,3)33-61(13,14)41-21-25-49-45(29-41)53(55(66)72-49)47-31-43(63(17,18)35-59(7,8)9)23-27-51(47)74-76-68-37-65(38-69-76)39-70-77(71-40-65)75-52-28-24-44(64(19,20)36-60(10,11)12)32-48(52)54-46-30-42(22-26-50(46)73-56(54)67)62(15,16)34-58(4,5)6;1-27(2,3)17-29(7,8)19-11-13-23(31)21(15-19)25-22-16-20(12-14-24(22)33-26(25)32)30(9,10)18-28(4,5)6;6-12-8-1-5(2-9-12)3-10-13(7)11-4-5/h21-32,53-54H,33-40H2,1-20H3;11-16,25,31H,17-18H2,1-10H3;1-4H2. The Labute approximate surface area is 750 Å². The molecule has 3 atom stereocenters. The van der Waals surface area contributed by atoms with Gasteiger partial charge < -0.3 is 64.6 Å². The summed E-state index contributed by atoms with van der Waals surface area (Å²) in [4.78, 5) is 41.3. The molecule has 17 nitrogen and oxygen atoms in total. The number of carbonyl (C=O) groups excluding carboxylic acids is 3. The van der Waals surface area contributed by atoms with Crippen LogP contribution in [0.3, 0.4) is 0 Å². The number of hydrogen-bond acceptors (Lipinski definition) is 17. The molecule has 6 aromatic carbocycles. The molecule has 4 fully saturated rings. The van der Waals surface area contributed by atoms with Gasteiger partial charge in [-0.25, -0.2) is 0 Å². The van der Waals surface area contributed by atoms with Crippen molar-refractivity contribution < 1.29 is 78.9 Å². The molecule has 0 aromatic heterocycles. The Morgan fingerprint density at radius 3 is 0.748 bits per heavy atom. The summed E-state index contributed by atoms with van der Waals surface area (Å²) < 4.78 is 77.8. The van der Waals surface area contributed by atoms with E-state index in [0.29, 0.717) is 60.7 Å². The van der Waals surface area contributed by atoms with Gasteiger partial charge in [-0.05, 0) is 196 Å². The SMILES string of the molecule is CC(C)(C)CC(C)(C)c1ccc(O)c(C2C(=O)Oc3ccc(C(C)(C)CC(C)(C)C)cc32)c1.CC(C)(C)CC(C)(C)c1ccc2c(c1)C(c1cc(C(C)(C)CC(C)(C)C)ccc1OP1OCC3(CO1)COP(Oc1ccc(C(C)(C)CC(C)(C)C)cc1C1C(=O)Oc4ccc(C(C)(C)CC(C)(C)C)cc41)OC3)C(=O)O2.ClP1OCC2(CO1)COP(Cl)OC2. The average Bonchev–Trinajstić information content (AvgIpc) is 1.65. The first kappa shape index (κ1) is 98.7. The Kier molecular flexibility index (Phi) is 29.3. The minimum Gasteiger partial charge on any atom is -0.508 e. The quantitative estimate of drug-likeness (QED) is 0.0457. The first-order valence-electron chi connectivity index (χ1n) is 43.5. The summed E-state index contributed by atoms with van der Waals surface area (Å²) in [6, 6.07) is 36.6. The second kappa shape index (κ2) is 36.5. The Bertz CT molecular complexity index is 4560. The van der Waals surface area contributed by atoms with Gasteiger partial charge in [-0.2, -0.15) is 0 Å². The molecule has 6 aromatic rings. The van der Waals surface area contributed by atoms with Gasteiger partial charge in [-0.15, -0.1) is 0 Å². The van der Waals surface area contributed by atoms with Gasteiger partial charge in [0.05, 0.1) is 63.7 Å². The number of phenolic OH excluding ortho intramolecular Hbond substituents is 1. The van der Waals surface area contributed by atoms with Crippen molar-refractivity contribution in [3.05, 3.63) is 176 Å². The fraction of sp³-hybridized carbons (Fsp3) is 0.610. The van der Waals surface area contributed by atoms with Gasteiger partial charge in [0.2, 0.25) is 0 Å². The highest BCUT2D eigenvalue weighted by atomic mass is 35.7. The zero-order valence-corrected chi connectivity index (χ0v) is 84.1. The zero-order valence-electron chi connectivity index (χ0n) is 79.0. The van der Waals surface area contributed by atoms with Crippen molar-refractivity contribution in [2.45, 2.75) is 296 Å². The molecule has 1 N–H and O–H groups in total. The molecule has 0 saturated carbocycles. The van der Waals surface area contributed by atoms with E-state index in [9.17, 15) is 19.5 Å². The van der Waals surface area contributed by atoms with Crippen LogP contribution < -0.4 is 23.3 Å². The number of phenols is 1. The predicted molar refractivity (Wildman–Crippen MR) is 498 cm³/mol. The molecule has 7 heterocycles. The summed E-state index contributed by atoms with van der Waals surface area (Å²) in [5, 5.41) is 10.8. The van der Waals surface area contributed by atoms with Crippen LogP contribution >= 0.6 is 55.1 Å². The molecule has 0 bridgehead atoms. The second-order valence-corrected chi connectivity index (χ2v) is 52.9. The molecule has 13 rings (SSSR count). The maximum atomic E-state index is 14.1. The third-order valence-corrected chi connectivity index (χ3v) is 28.5. The van der Waals surface area contributed by atoms with Gasteiger partial charge in [0.1, 0.15) is 52.3 Å². The number of esters is 3. The van der Waals surface area contributed by atoms with E-state index in [1.807, 2.05) is 42.5 Å². The molecule has 0 aliphatic carbocycles. The van der Waals surface area contributed by atoms with Gasteiger partial charge in [0.15, 0.2) is 0 Å². The first-order valence-corrected chi connectivity index (χ1v) is 49.9. The molecular formula is C100H140Cl2O17P4. The van der Waals surface area contributed by atoms with Crippen LogP contribution in [0.5, 0.6) is 34.5 Å². The van der Waals surface area contributed by atoms with E-state index in [-0.39, 0.29) is 120 Å². The van der Waals surface area contributed by atoms with Gasteiger partial charge in [-0.3, -0.25) is 14.4 Å². The molecule has 3 unspecified atom stereocenters. The fourth-order valence-corrected chi connectivity index (χ4v) is 25.2. The molecule has 23 heteroatoms. The number of fused-ring (bicyclic) bond motifs is 3. The number of aromatic hydroxyl groups is 1. The van der Waals surface area contributed by atoms with Crippen LogP contribution in [0.2, 0.25) is 0 Å². The largest absolute Gasteiger partial charge is 0.508 e. The lowest BCUT2D eigenvalue weighted by molar-refractivity contribution is -0.134. The number of carbonyl (C=O) groups is 3. The summed E-state index contributed by atoms with van der Waals surface area (Å²) in [6.07, 6.45) is 5.79. The van der Waals surface area contributed by atoms with Crippen molar-refractivity contribution in [2.24, 2.45) is 43.3 Å². The Hall–Kier alpha value is -4.89. The Morgan fingerprint density at radius 2 is 0.504 bits per heavy atom. The highest BCUT2D eigenvalue weighted by Crippen LogP contribution is 2.60. The van der Waals surface area contributed by atoms with Crippen LogP contribution in [-0.4, -0.2) is 75.9 Å². The molecule has 0 amide bonds. The minimum absolute atomic E-state index is 0.0535. The highest BCUT2D eigenvalue weighted by molar-refractivity contribution is 7.76. The van der Waals surface area contributed by atoms with E-state index in [2.05, 4.69) is 268 Å². The zero-order chi connectivity index (χ0) is 91.0. The van der Waals surface area contributed by atoms with Crippen molar-refractivity contribution in [3.63, 3.8) is 0 Å². The lowest BCUT2D eigenvalue weighted by atomic mass is 9.71. The third-order valence-electron chi connectivity index (χ3n) is 23.9. The van der Waals surface area contributed by atoms with E-state index >= 15 is 0 Å². The van der Waals surface area contributed by atoms with Crippen LogP contribution in [0.15, 0.2) is 109 Å². The maximum Gasteiger partial charge on any atom is 0.397 e. The average molecular weight is 1810 g/mol. The minimum atomic E-state index is -1.87. The Morgan fingerprint density at radius 1 is 0.301 bits per heavy atom. The number of ether oxygens (including phenoxy) is 3. The highest BCUT2D eigenvalue weighted by Gasteiger charge is 2.50. The lowest BCUT2D eigenvalue weighted by Crippen LogP contribution is -2.45. The van der Waals surface area contributed by atoms with E-state index in [1.165, 1.54) is 5.56 Å². The molecule has 676 valence electrons. The van der Waals surface area contributed by atoms with E-state index in [0.717, 1.165) is 94.2 Å². The molecule has 123 heavy (non-hydrogen) atoms. The van der Waals surface area contributed by atoms with Crippen LogP contribution in [-0.2, 0) is 83.1 Å². The van der Waals surface area contributed by atoms with Crippen molar-refractivity contribution in [1.82, 2.24) is 0 Å². The van der Waals surface area contributed by atoms with Crippen LogP contribution in [0.4, 0.5) is 0 Å². The molecular weight excluding hydrogens is 1670 g/mol. The first-order chi connectivity index (χ1) is 56.4. The number of halogens is 2. The maximum absolute atomic E-state index is 14.1. The van der Waals surface area contributed by atoms with E-state index in [1.54, 1.807) is 6.07 Å². The number of rotatable bonds is 19. The van der Waals surface area contributed by atoms with Crippen LogP contribution in [0.25, 0.3) is 0 Å². The predicted octanol–water partition coefficient (Wildman–Crippen LogP) is 28.5. The van der Waals surface area contributed by atoms with Crippen molar-refractivity contribution >= 4 is 73.1 Å². The normalized spacial score (nSPS) is 23.7. The number of hydrogen-bond donors (Lipinski definition) is 1. The molecule has 0 radical (unpaired) electrons. The molecule has 7 aliphatic heterocycles. The van der Waals surface area contributed by atoms with Gasteiger partial charge >= 0.3 is 35.1 Å². The van der Waals surface area contributed by atoms with Crippen molar-refractivity contribution in [1.29, 1.82) is 0 Å². The molecule has 2 spiro atoms. The monoisotopic (exact) mass is 1810 g/mol. The summed E-state index contributed by atoms with van der Waals surface area (Å²) in [5.74, 6) is -0.0914. The van der Waals surface area contributed by atoms with Gasteiger partial charge in [0, 0.05) is 33.4 Å². The summed E-state index contributed by atoms with van der Waals surface area (Å²) >= 11 is 11.3. The van der Waals surface area contributed by atoms with E-state index in [4.69, 9.17) is 81.9 Å². The fourth-order valence-electron chi connectivity index (χ4n) is 20.4. The van der Waals surface area contributed by atoms with Crippen LogP contribution in [0.1, 0.15) is 331 Å². The molecule has 4 saturated heterocycles. The topological polar surface area (TPSA) is 191 Å².